The second-order valence-corrected chi connectivity index (χ2v) is 6.58. The van der Waals surface area contributed by atoms with Crippen LogP contribution in [0.2, 0.25) is 0 Å². The van der Waals surface area contributed by atoms with Crippen molar-refractivity contribution < 1.29 is 14.3 Å². The van der Waals surface area contributed by atoms with E-state index in [2.05, 4.69) is 0 Å². The molecular weight excluding hydrogens is 300 g/mol. The van der Waals surface area contributed by atoms with Crippen molar-refractivity contribution in [1.29, 1.82) is 0 Å². The Kier molecular flexibility index (Phi) is 4.69. The summed E-state index contributed by atoms with van der Waals surface area (Å²) in [4.78, 5) is 29.3. The number of nitrogens with zero attached hydrogens (tertiary/aromatic N) is 2. The van der Waals surface area contributed by atoms with Crippen molar-refractivity contribution >= 4 is 29.3 Å². The molecule has 1 aromatic rings. The molecule has 0 aliphatic carbocycles. The first-order valence-electron chi connectivity index (χ1n) is 7.56. The van der Waals surface area contributed by atoms with Gasteiger partial charge in [-0.05, 0) is 19.1 Å². The molecule has 0 saturated carbocycles. The molecule has 2 aliphatic rings. The average molecular weight is 320 g/mol. The molecule has 0 bridgehead atoms. The largest absolute Gasteiger partial charge is 0.377 e. The van der Waals surface area contributed by atoms with Crippen molar-refractivity contribution in [3.05, 3.63) is 24.3 Å². The molecular formula is C16H20N2O3S. The number of amides is 2. The van der Waals surface area contributed by atoms with Gasteiger partial charge in [-0.25, -0.2) is 0 Å². The van der Waals surface area contributed by atoms with Gasteiger partial charge < -0.3 is 14.5 Å². The maximum atomic E-state index is 12.4. The van der Waals surface area contributed by atoms with Gasteiger partial charge in [0.25, 0.3) is 0 Å². The van der Waals surface area contributed by atoms with Crippen molar-refractivity contribution in [3.8, 4) is 0 Å². The summed E-state index contributed by atoms with van der Waals surface area (Å²) in [5, 5.41) is 0. The number of para-hydroxylation sites is 1. The molecule has 1 fully saturated rings. The number of morpholine rings is 1. The summed E-state index contributed by atoms with van der Waals surface area (Å²) in [6.45, 7) is 4.26. The Balaban J connectivity index is 1.66. The molecule has 2 heterocycles. The molecule has 0 spiro atoms. The molecule has 0 aromatic heterocycles. The van der Waals surface area contributed by atoms with Crippen molar-refractivity contribution in [2.45, 2.75) is 24.3 Å². The molecule has 0 radical (unpaired) electrons. The number of rotatable bonds is 3. The van der Waals surface area contributed by atoms with Gasteiger partial charge in [-0.3, -0.25) is 9.59 Å². The molecule has 118 valence electrons. The van der Waals surface area contributed by atoms with Crippen molar-refractivity contribution in [3.63, 3.8) is 0 Å². The van der Waals surface area contributed by atoms with E-state index in [9.17, 15) is 9.59 Å². The fraction of sp³-hybridized carbons (Fsp3) is 0.500. The Morgan fingerprint density at radius 1 is 1.41 bits per heavy atom. The molecule has 6 heteroatoms. The summed E-state index contributed by atoms with van der Waals surface area (Å²) in [7, 11) is 0. The van der Waals surface area contributed by atoms with Crippen LogP contribution in [0.3, 0.4) is 0 Å². The summed E-state index contributed by atoms with van der Waals surface area (Å²) in [6, 6.07) is 7.98. The predicted octanol–water partition coefficient (Wildman–Crippen LogP) is 1.76. The maximum absolute atomic E-state index is 12.4. The van der Waals surface area contributed by atoms with E-state index in [0.717, 1.165) is 10.6 Å². The second-order valence-electron chi connectivity index (χ2n) is 5.56. The van der Waals surface area contributed by atoms with Crippen LogP contribution in [0.15, 0.2) is 29.2 Å². The van der Waals surface area contributed by atoms with Gasteiger partial charge in [-0.2, -0.15) is 0 Å². The Bertz CT molecular complexity index is 578. The van der Waals surface area contributed by atoms with Crippen LogP contribution in [0.25, 0.3) is 0 Å². The lowest BCUT2D eigenvalue weighted by Gasteiger charge is -2.34. The molecule has 2 amide bonds. The summed E-state index contributed by atoms with van der Waals surface area (Å²) < 4.78 is 5.36. The van der Waals surface area contributed by atoms with Crippen molar-refractivity contribution in [1.82, 2.24) is 4.90 Å². The molecule has 0 unspecified atom stereocenters. The minimum absolute atomic E-state index is 0.0755. The second kappa shape index (κ2) is 6.71. The SMILES string of the molecule is C[C@H]1COCCN1C(=O)CCN1C(=O)CSc2ccccc21. The Hall–Kier alpha value is -1.53. The van der Waals surface area contributed by atoms with Crippen LogP contribution >= 0.6 is 11.8 Å². The van der Waals surface area contributed by atoms with E-state index in [1.165, 1.54) is 0 Å². The van der Waals surface area contributed by atoms with Crippen molar-refractivity contribution in [2.24, 2.45) is 0 Å². The summed E-state index contributed by atoms with van der Waals surface area (Å²) >= 11 is 1.56. The van der Waals surface area contributed by atoms with Crippen molar-refractivity contribution in [2.75, 3.05) is 37.0 Å². The maximum Gasteiger partial charge on any atom is 0.237 e. The lowest BCUT2D eigenvalue weighted by molar-refractivity contribution is -0.138. The van der Waals surface area contributed by atoms with Gasteiger partial charge in [0.2, 0.25) is 11.8 Å². The highest BCUT2D eigenvalue weighted by Crippen LogP contribution is 2.34. The summed E-state index contributed by atoms with van der Waals surface area (Å²) in [5.74, 6) is 0.616. The molecule has 3 rings (SSSR count). The lowest BCUT2D eigenvalue weighted by atomic mass is 10.2. The van der Waals surface area contributed by atoms with Crippen LogP contribution in [-0.4, -0.2) is 54.8 Å². The number of thioether (sulfide) groups is 1. The lowest BCUT2D eigenvalue weighted by Crippen LogP contribution is -2.48. The predicted molar refractivity (Wildman–Crippen MR) is 86.1 cm³/mol. The van der Waals surface area contributed by atoms with Gasteiger partial charge in [0.05, 0.1) is 30.7 Å². The van der Waals surface area contributed by atoms with E-state index in [1.807, 2.05) is 36.1 Å². The zero-order valence-corrected chi connectivity index (χ0v) is 13.5. The van der Waals surface area contributed by atoms with Crippen LogP contribution in [0.4, 0.5) is 5.69 Å². The first-order valence-corrected chi connectivity index (χ1v) is 8.55. The Morgan fingerprint density at radius 3 is 3.05 bits per heavy atom. The number of carbonyl (C=O) groups excluding carboxylic acids is 2. The van der Waals surface area contributed by atoms with Crippen LogP contribution in [0.5, 0.6) is 0 Å². The highest BCUT2D eigenvalue weighted by molar-refractivity contribution is 8.00. The van der Waals surface area contributed by atoms with Gasteiger partial charge in [-0.1, -0.05) is 12.1 Å². The number of anilines is 1. The first kappa shape index (κ1) is 15.4. The van der Waals surface area contributed by atoms with E-state index in [1.54, 1.807) is 16.7 Å². The quantitative estimate of drug-likeness (QED) is 0.851. The molecule has 1 aromatic carbocycles. The van der Waals surface area contributed by atoms with Gasteiger partial charge in [0.1, 0.15) is 0 Å². The first-order chi connectivity index (χ1) is 10.7. The van der Waals surface area contributed by atoms with E-state index < -0.39 is 0 Å². The molecule has 22 heavy (non-hydrogen) atoms. The standard InChI is InChI=1S/C16H20N2O3S/c1-12-10-21-9-8-17(12)15(19)6-7-18-13-4-2-3-5-14(13)22-11-16(18)20/h2-5,12H,6-11H2,1H3/t12-/m0/s1. The van der Waals surface area contributed by atoms with Crippen LogP contribution in [0.1, 0.15) is 13.3 Å². The third-order valence-electron chi connectivity index (χ3n) is 4.05. The number of ether oxygens (including phenoxy) is 1. The molecule has 5 nitrogen and oxygen atoms in total. The zero-order valence-electron chi connectivity index (χ0n) is 12.7. The number of hydrogen-bond acceptors (Lipinski definition) is 4. The molecule has 1 atom stereocenters. The normalized spacial score (nSPS) is 21.7. The third kappa shape index (κ3) is 3.13. The minimum Gasteiger partial charge on any atom is -0.377 e. The molecule has 2 aliphatic heterocycles. The highest BCUT2D eigenvalue weighted by Gasteiger charge is 2.27. The van der Waals surface area contributed by atoms with Gasteiger partial charge in [0, 0.05) is 24.4 Å². The Morgan fingerprint density at radius 2 is 2.23 bits per heavy atom. The summed E-state index contributed by atoms with van der Waals surface area (Å²) in [6.07, 6.45) is 0.356. The van der Waals surface area contributed by atoms with E-state index in [0.29, 0.717) is 38.5 Å². The van der Waals surface area contributed by atoms with E-state index in [-0.39, 0.29) is 17.9 Å². The smallest absolute Gasteiger partial charge is 0.237 e. The van der Waals surface area contributed by atoms with Crippen LogP contribution < -0.4 is 4.90 Å². The van der Waals surface area contributed by atoms with Crippen LogP contribution in [0, 0.1) is 0 Å². The monoisotopic (exact) mass is 320 g/mol. The fourth-order valence-corrected chi connectivity index (χ4v) is 3.78. The van der Waals surface area contributed by atoms with E-state index >= 15 is 0 Å². The summed E-state index contributed by atoms with van der Waals surface area (Å²) in [5.41, 5.74) is 0.923. The topological polar surface area (TPSA) is 49.9 Å². The average Bonchev–Trinajstić information content (AvgIpc) is 2.54. The number of benzene rings is 1. The molecule has 0 N–H and O–H groups in total. The number of hydrogen-bond donors (Lipinski definition) is 0. The van der Waals surface area contributed by atoms with Gasteiger partial charge in [-0.15, -0.1) is 11.8 Å². The molecule has 1 saturated heterocycles. The third-order valence-corrected chi connectivity index (χ3v) is 5.09. The zero-order chi connectivity index (χ0) is 15.5. The fourth-order valence-electron chi connectivity index (χ4n) is 2.85. The van der Waals surface area contributed by atoms with Crippen LogP contribution in [-0.2, 0) is 14.3 Å². The van der Waals surface area contributed by atoms with Gasteiger partial charge >= 0.3 is 0 Å². The Labute approximate surface area is 134 Å². The number of fused-ring (bicyclic) bond motifs is 1. The minimum atomic E-state index is 0.0755. The van der Waals surface area contributed by atoms with Gasteiger partial charge in [0.15, 0.2) is 0 Å². The number of carbonyl (C=O) groups is 2. The highest BCUT2D eigenvalue weighted by atomic mass is 32.2. The van der Waals surface area contributed by atoms with E-state index in [4.69, 9.17) is 4.74 Å².